The molecule has 0 unspecified atom stereocenters. The summed E-state index contributed by atoms with van der Waals surface area (Å²) in [4.78, 5) is 18.0. The van der Waals surface area contributed by atoms with Crippen LogP contribution in [0.25, 0.3) is 0 Å². The van der Waals surface area contributed by atoms with E-state index in [-0.39, 0.29) is 11.3 Å². The molecule has 0 fully saturated rings. The Morgan fingerprint density at radius 3 is 2.78 bits per heavy atom. The molecule has 8 heteroatoms. The molecule has 0 saturated carbocycles. The van der Waals surface area contributed by atoms with Gasteiger partial charge in [-0.25, -0.2) is 4.98 Å². The Balaban J connectivity index is 2.20. The summed E-state index contributed by atoms with van der Waals surface area (Å²) in [5, 5.41) is 0.101. The van der Waals surface area contributed by atoms with Crippen molar-refractivity contribution in [2.45, 2.75) is 6.54 Å². The lowest BCUT2D eigenvalue weighted by molar-refractivity contribution is 0.378. The van der Waals surface area contributed by atoms with Gasteiger partial charge in [0.25, 0.3) is 0 Å². The van der Waals surface area contributed by atoms with Gasteiger partial charge < -0.3 is 14.2 Å². The normalized spacial score (nSPS) is 10.4. The summed E-state index contributed by atoms with van der Waals surface area (Å²) in [5.74, 6) is 1.34. The van der Waals surface area contributed by atoms with Crippen molar-refractivity contribution in [2.75, 3.05) is 19.1 Å². The van der Waals surface area contributed by atoms with Gasteiger partial charge in [0.2, 0.25) is 11.2 Å². The van der Waals surface area contributed by atoms with E-state index in [1.165, 1.54) is 7.11 Å². The highest BCUT2D eigenvalue weighted by molar-refractivity contribution is 6.28. The molecule has 0 aliphatic rings. The number of aromatic nitrogens is 5. The maximum Gasteiger partial charge on any atom is 0.322 e. The fraction of sp³-hybridized carbons (Fsp3) is 0.400. The number of aryl methyl sites for hydroxylation is 1. The van der Waals surface area contributed by atoms with Crippen molar-refractivity contribution >= 4 is 17.5 Å². The van der Waals surface area contributed by atoms with Crippen molar-refractivity contribution in [1.29, 1.82) is 0 Å². The molecule has 0 radical (unpaired) electrons. The van der Waals surface area contributed by atoms with Crippen LogP contribution >= 0.6 is 11.6 Å². The number of hydrogen-bond donors (Lipinski definition) is 0. The van der Waals surface area contributed by atoms with Crippen LogP contribution in [0.5, 0.6) is 6.01 Å². The topological polar surface area (TPSA) is 69.0 Å². The molecule has 7 nitrogen and oxygen atoms in total. The molecular weight excluding hydrogens is 256 g/mol. The highest BCUT2D eigenvalue weighted by Crippen LogP contribution is 2.15. The van der Waals surface area contributed by atoms with Gasteiger partial charge in [-0.2, -0.15) is 15.0 Å². The summed E-state index contributed by atoms with van der Waals surface area (Å²) in [6.45, 7) is 0.562. The number of nitrogens with zero attached hydrogens (tertiary/aromatic N) is 6. The van der Waals surface area contributed by atoms with Gasteiger partial charge in [-0.1, -0.05) is 0 Å². The quantitative estimate of drug-likeness (QED) is 0.821. The summed E-state index contributed by atoms with van der Waals surface area (Å²) in [7, 11) is 5.26. The van der Waals surface area contributed by atoms with E-state index in [4.69, 9.17) is 16.3 Å². The molecule has 18 heavy (non-hydrogen) atoms. The first-order valence-electron chi connectivity index (χ1n) is 5.23. The maximum absolute atomic E-state index is 5.80. The van der Waals surface area contributed by atoms with Crippen LogP contribution in [0.15, 0.2) is 12.4 Å². The van der Waals surface area contributed by atoms with E-state index in [1.807, 2.05) is 29.8 Å². The highest BCUT2D eigenvalue weighted by atomic mass is 35.5. The van der Waals surface area contributed by atoms with Crippen LogP contribution in [-0.2, 0) is 13.6 Å². The van der Waals surface area contributed by atoms with Crippen LogP contribution < -0.4 is 9.64 Å². The first-order valence-corrected chi connectivity index (χ1v) is 5.61. The Hall–Kier alpha value is -1.89. The third-order valence-corrected chi connectivity index (χ3v) is 2.57. The zero-order valence-electron chi connectivity index (χ0n) is 10.3. The molecular formula is C10H13ClN6O. The molecule has 0 amide bonds. The lowest BCUT2D eigenvalue weighted by Gasteiger charge is -2.16. The Labute approximate surface area is 109 Å². The minimum absolute atomic E-state index is 0.101. The summed E-state index contributed by atoms with van der Waals surface area (Å²) in [6, 6.07) is 0.191. The van der Waals surface area contributed by atoms with Gasteiger partial charge in [0.15, 0.2) is 0 Å². The molecule has 0 aromatic carbocycles. The van der Waals surface area contributed by atoms with Crippen molar-refractivity contribution < 1.29 is 4.74 Å². The van der Waals surface area contributed by atoms with E-state index in [2.05, 4.69) is 19.9 Å². The van der Waals surface area contributed by atoms with Crippen molar-refractivity contribution in [2.24, 2.45) is 7.05 Å². The van der Waals surface area contributed by atoms with Crippen LogP contribution in [0.4, 0.5) is 5.95 Å². The average Bonchev–Trinajstić information content (AvgIpc) is 2.74. The molecule has 2 heterocycles. The van der Waals surface area contributed by atoms with E-state index in [1.54, 1.807) is 6.20 Å². The van der Waals surface area contributed by atoms with E-state index in [9.17, 15) is 0 Å². The van der Waals surface area contributed by atoms with Gasteiger partial charge in [0.05, 0.1) is 13.7 Å². The molecule has 0 atom stereocenters. The van der Waals surface area contributed by atoms with Crippen LogP contribution in [0.1, 0.15) is 5.82 Å². The second-order valence-corrected chi connectivity index (χ2v) is 4.04. The molecule has 2 rings (SSSR count). The van der Waals surface area contributed by atoms with Crippen molar-refractivity contribution in [3.63, 3.8) is 0 Å². The molecule has 0 saturated heterocycles. The fourth-order valence-electron chi connectivity index (χ4n) is 1.42. The molecule has 96 valence electrons. The Bertz CT molecular complexity index is 543. The van der Waals surface area contributed by atoms with E-state index >= 15 is 0 Å². The van der Waals surface area contributed by atoms with Crippen LogP contribution in [0.3, 0.4) is 0 Å². The second-order valence-electron chi connectivity index (χ2n) is 3.70. The largest absolute Gasteiger partial charge is 0.467 e. The van der Waals surface area contributed by atoms with Gasteiger partial charge in [-0.15, -0.1) is 0 Å². The number of hydrogen-bond acceptors (Lipinski definition) is 6. The monoisotopic (exact) mass is 268 g/mol. The number of halogens is 1. The zero-order valence-corrected chi connectivity index (χ0v) is 11.1. The molecule has 0 aliphatic carbocycles. The minimum Gasteiger partial charge on any atom is -0.467 e. The Morgan fingerprint density at radius 1 is 1.39 bits per heavy atom. The minimum atomic E-state index is 0.101. The number of imidazole rings is 1. The second kappa shape index (κ2) is 5.18. The Morgan fingerprint density at radius 2 is 2.17 bits per heavy atom. The fourth-order valence-corrected chi connectivity index (χ4v) is 1.56. The lowest BCUT2D eigenvalue weighted by atomic mass is 10.5. The average molecular weight is 269 g/mol. The van der Waals surface area contributed by atoms with Gasteiger partial charge in [0, 0.05) is 26.5 Å². The molecule has 2 aromatic rings. The van der Waals surface area contributed by atoms with Gasteiger partial charge in [-0.3, -0.25) is 0 Å². The molecule has 0 aliphatic heterocycles. The van der Waals surface area contributed by atoms with Crippen molar-refractivity contribution in [3.8, 4) is 6.01 Å². The summed E-state index contributed by atoms with van der Waals surface area (Å²) >= 11 is 5.80. The summed E-state index contributed by atoms with van der Waals surface area (Å²) in [5.41, 5.74) is 0. The molecule has 0 bridgehead atoms. The third kappa shape index (κ3) is 2.67. The molecule has 0 spiro atoms. The van der Waals surface area contributed by atoms with Gasteiger partial charge >= 0.3 is 6.01 Å². The summed E-state index contributed by atoms with van der Waals surface area (Å²) < 4.78 is 6.88. The summed E-state index contributed by atoms with van der Waals surface area (Å²) in [6.07, 6.45) is 3.62. The van der Waals surface area contributed by atoms with Crippen molar-refractivity contribution in [1.82, 2.24) is 24.5 Å². The number of anilines is 1. The SMILES string of the molecule is COc1nc(Cl)nc(N(C)Cc2nccn2C)n1. The smallest absolute Gasteiger partial charge is 0.322 e. The number of rotatable bonds is 4. The van der Waals surface area contributed by atoms with E-state index in [0.717, 1.165) is 5.82 Å². The lowest BCUT2D eigenvalue weighted by Crippen LogP contribution is -2.21. The highest BCUT2D eigenvalue weighted by Gasteiger charge is 2.11. The Kier molecular flexibility index (Phi) is 3.61. The van der Waals surface area contributed by atoms with Gasteiger partial charge in [-0.05, 0) is 11.6 Å². The predicted molar refractivity (Wildman–Crippen MR) is 66.7 cm³/mol. The molecule has 2 aromatic heterocycles. The van der Waals surface area contributed by atoms with Crippen molar-refractivity contribution in [3.05, 3.63) is 23.5 Å². The molecule has 0 N–H and O–H groups in total. The number of methoxy groups -OCH3 is 1. The van der Waals surface area contributed by atoms with Crippen LogP contribution in [0, 0.1) is 0 Å². The predicted octanol–water partition coefficient (Wildman–Crippen LogP) is 0.903. The van der Waals surface area contributed by atoms with E-state index < -0.39 is 0 Å². The first kappa shape index (κ1) is 12.6. The zero-order chi connectivity index (χ0) is 13.1. The number of ether oxygens (including phenoxy) is 1. The first-order chi connectivity index (χ1) is 8.60. The van der Waals surface area contributed by atoms with Crippen LogP contribution in [-0.4, -0.2) is 38.7 Å². The maximum atomic E-state index is 5.80. The van der Waals surface area contributed by atoms with Crippen LogP contribution in [0.2, 0.25) is 5.28 Å². The van der Waals surface area contributed by atoms with Gasteiger partial charge in [0.1, 0.15) is 5.82 Å². The standard InChI is InChI=1S/C10H13ClN6O/c1-16-5-4-12-7(16)6-17(2)9-13-8(11)14-10(15-9)18-3/h4-5H,6H2,1-3H3. The third-order valence-electron chi connectivity index (χ3n) is 2.40. The van der Waals surface area contributed by atoms with E-state index in [0.29, 0.717) is 12.5 Å².